The first-order chi connectivity index (χ1) is 20.4. The number of fused-ring (bicyclic) bond motifs is 1. The Morgan fingerprint density at radius 1 is 0.833 bits per heavy atom. The van der Waals surface area contributed by atoms with Crippen molar-refractivity contribution >= 4 is 23.6 Å². The fourth-order valence-electron chi connectivity index (χ4n) is 5.86. The third kappa shape index (κ3) is 6.93. The van der Waals surface area contributed by atoms with Crippen molar-refractivity contribution in [1.82, 2.24) is 15.1 Å². The molecule has 1 saturated carbocycles. The van der Waals surface area contributed by atoms with Crippen LogP contribution >= 0.6 is 0 Å². The van der Waals surface area contributed by atoms with E-state index in [1.165, 1.54) is 17.0 Å². The fraction of sp³-hybridized carbons (Fsp3) is 0.353. The lowest BCUT2D eigenvalue weighted by Gasteiger charge is -2.33. The van der Waals surface area contributed by atoms with E-state index in [0.29, 0.717) is 23.1 Å². The van der Waals surface area contributed by atoms with Gasteiger partial charge in [-0.05, 0) is 54.7 Å². The quantitative estimate of drug-likeness (QED) is 0.318. The topological polar surface area (TPSA) is 86.8 Å². The van der Waals surface area contributed by atoms with E-state index < -0.39 is 6.04 Å². The predicted molar refractivity (Wildman–Crippen MR) is 157 cm³/mol. The highest BCUT2D eigenvalue weighted by Crippen LogP contribution is 2.24. The number of halogens is 1. The van der Waals surface area contributed by atoms with Crippen LogP contribution in [0.4, 0.5) is 4.39 Å². The lowest BCUT2D eigenvalue weighted by Crippen LogP contribution is -2.52. The summed E-state index contributed by atoms with van der Waals surface area (Å²) in [4.78, 5) is 56.1. The van der Waals surface area contributed by atoms with Gasteiger partial charge in [-0.1, -0.05) is 73.9 Å². The monoisotopic (exact) mass is 569 g/mol. The van der Waals surface area contributed by atoms with Gasteiger partial charge in [0.25, 0.3) is 11.8 Å². The Morgan fingerprint density at radius 2 is 1.45 bits per heavy atom. The van der Waals surface area contributed by atoms with E-state index in [-0.39, 0.29) is 61.4 Å². The Bertz CT molecular complexity index is 1390. The second-order valence-electron chi connectivity index (χ2n) is 11.1. The first kappa shape index (κ1) is 29.2. The lowest BCUT2D eigenvalue weighted by molar-refractivity contribution is -0.141. The summed E-state index contributed by atoms with van der Waals surface area (Å²) >= 11 is 0. The van der Waals surface area contributed by atoms with Crippen LogP contribution in [-0.2, 0) is 22.6 Å². The number of hydrogen-bond acceptors (Lipinski definition) is 4. The highest BCUT2D eigenvalue weighted by Gasteiger charge is 2.36. The van der Waals surface area contributed by atoms with Gasteiger partial charge < -0.3 is 10.2 Å². The van der Waals surface area contributed by atoms with E-state index in [1.807, 2.05) is 30.3 Å². The van der Waals surface area contributed by atoms with Crippen LogP contribution in [0.3, 0.4) is 0 Å². The molecule has 7 nitrogen and oxygen atoms in total. The molecule has 3 aromatic rings. The summed E-state index contributed by atoms with van der Waals surface area (Å²) in [5.74, 6) is -1.58. The van der Waals surface area contributed by atoms with Crippen LogP contribution < -0.4 is 5.32 Å². The second-order valence-corrected chi connectivity index (χ2v) is 11.1. The van der Waals surface area contributed by atoms with Crippen LogP contribution in [0.2, 0.25) is 0 Å². The predicted octanol–water partition coefficient (Wildman–Crippen LogP) is 5.29. The largest absolute Gasteiger partial charge is 0.352 e. The van der Waals surface area contributed by atoms with E-state index >= 15 is 0 Å². The van der Waals surface area contributed by atoms with Crippen LogP contribution in [0.25, 0.3) is 0 Å². The van der Waals surface area contributed by atoms with Crippen molar-refractivity contribution in [3.8, 4) is 0 Å². The number of carbonyl (C=O) groups is 4. The summed E-state index contributed by atoms with van der Waals surface area (Å²) in [6, 6.07) is 21.5. The van der Waals surface area contributed by atoms with Gasteiger partial charge in [0.1, 0.15) is 11.9 Å². The molecule has 4 amide bonds. The molecule has 218 valence electrons. The molecule has 0 radical (unpaired) electrons. The number of rotatable bonds is 11. The summed E-state index contributed by atoms with van der Waals surface area (Å²) in [5, 5.41) is 3.20. The molecule has 1 atom stereocenters. The molecule has 1 aliphatic carbocycles. The Hall–Kier alpha value is -4.33. The summed E-state index contributed by atoms with van der Waals surface area (Å²) in [5.41, 5.74) is 2.36. The standard InChI is InChI=1S/C34H36FN3O4/c35-26-19-17-25(18-20-26)23-38(31(39)16-9-21-37-33(41)28-14-7-8-15-29(28)34(37)42)30(22-24-10-3-1-4-11-24)32(40)36-27-12-5-2-6-13-27/h1,3-4,7-8,10-11,14-15,17-20,27,30H,2,5-6,9,12-13,16,21-23H2,(H,36,40)/t30-/m0/s1. The molecular weight excluding hydrogens is 533 g/mol. The number of nitrogens with one attached hydrogen (secondary N) is 1. The minimum atomic E-state index is -0.786. The minimum Gasteiger partial charge on any atom is -0.352 e. The first-order valence-electron chi connectivity index (χ1n) is 14.7. The average Bonchev–Trinajstić information content (AvgIpc) is 3.25. The molecule has 3 aromatic carbocycles. The number of hydrogen-bond donors (Lipinski definition) is 1. The van der Waals surface area contributed by atoms with Crippen molar-refractivity contribution in [3.05, 3.63) is 107 Å². The molecule has 1 fully saturated rings. The van der Waals surface area contributed by atoms with Crippen LogP contribution in [0.15, 0.2) is 78.9 Å². The zero-order valence-electron chi connectivity index (χ0n) is 23.6. The molecule has 0 unspecified atom stereocenters. The van der Waals surface area contributed by atoms with Crippen molar-refractivity contribution in [2.45, 2.75) is 70.0 Å². The number of amides is 4. The zero-order valence-corrected chi connectivity index (χ0v) is 23.6. The van der Waals surface area contributed by atoms with Crippen molar-refractivity contribution in [1.29, 1.82) is 0 Å². The molecule has 42 heavy (non-hydrogen) atoms. The third-order valence-electron chi connectivity index (χ3n) is 8.14. The zero-order chi connectivity index (χ0) is 29.5. The van der Waals surface area contributed by atoms with Gasteiger partial charge in [0.2, 0.25) is 11.8 Å². The average molecular weight is 570 g/mol. The number of benzene rings is 3. The van der Waals surface area contributed by atoms with Gasteiger partial charge in [0.15, 0.2) is 0 Å². The molecule has 1 aliphatic heterocycles. The van der Waals surface area contributed by atoms with Gasteiger partial charge in [-0.3, -0.25) is 24.1 Å². The molecule has 5 rings (SSSR count). The van der Waals surface area contributed by atoms with Crippen LogP contribution in [-0.4, -0.2) is 52.1 Å². The molecule has 2 aliphatic rings. The molecule has 0 bridgehead atoms. The van der Waals surface area contributed by atoms with Crippen molar-refractivity contribution < 1.29 is 23.6 Å². The maximum atomic E-state index is 13.9. The van der Waals surface area contributed by atoms with Crippen molar-refractivity contribution in [3.63, 3.8) is 0 Å². The van der Waals surface area contributed by atoms with Gasteiger partial charge in [-0.25, -0.2) is 4.39 Å². The minimum absolute atomic E-state index is 0.0383. The Kier molecular flexibility index (Phi) is 9.41. The van der Waals surface area contributed by atoms with Gasteiger partial charge in [0, 0.05) is 32.0 Å². The lowest BCUT2D eigenvalue weighted by atomic mass is 9.94. The van der Waals surface area contributed by atoms with Gasteiger partial charge in [-0.15, -0.1) is 0 Å². The van der Waals surface area contributed by atoms with E-state index in [1.54, 1.807) is 41.3 Å². The fourth-order valence-corrected chi connectivity index (χ4v) is 5.86. The van der Waals surface area contributed by atoms with E-state index in [2.05, 4.69) is 5.32 Å². The molecule has 0 spiro atoms. The molecule has 1 N–H and O–H groups in total. The van der Waals surface area contributed by atoms with E-state index in [4.69, 9.17) is 0 Å². The maximum absolute atomic E-state index is 13.9. The van der Waals surface area contributed by atoms with Gasteiger partial charge >= 0.3 is 0 Å². The first-order valence-corrected chi connectivity index (χ1v) is 14.7. The highest BCUT2D eigenvalue weighted by molar-refractivity contribution is 6.21. The number of carbonyl (C=O) groups excluding carboxylic acids is 4. The SMILES string of the molecule is O=C(NC1CCCCC1)[C@H](Cc1ccccc1)N(Cc1ccc(F)cc1)C(=O)CCCN1C(=O)c2ccccc2C1=O. The molecule has 1 heterocycles. The summed E-state index contributed by atoms with van der Waals surface area (Å²) in [7, 11) is 0. The van der Waals surface area contributed by atoms with E-state index in [9.17, 15) is 23.6 Å². The number of nitrogens with zero attached hydrogens (tertiary/aromatic N) is 2. The summed E-state index contributed by atoms with van der Waals surface area (Å²) in [6.45, 7) is 0.224. The summed E-state index contributed by atoms with van der Waals surface area (Å²) in [6.07, 6.45) is 5.72. The third-order valence-corrected chi connectivity index (χ3v) is 8.14. The molecule has 8 heteroatoms. The molecular formula is C34H36FN3O4. The van der Waals surface area contributed by atoms with E-state index in [0.717, 1.165) is 37.7 Å². The van der Waals surface area contributed by atoms with Crippen LogP contribution in [0.1, 0.15) is 76.8 Å². The highest BCUT2D eigenvalue weighted by atomic mass is 19.1. The Morgan fingerprint density at radius 3 is 2.10 bits per heavy atom. The van der Waals surface area contributed by atoms with Crippen LogP contribution in [0, 0.1) is 5.82 Å². The normalized spacial score (nSPS) is 15.8. The maximum Gasteiger partial charge on any atom is 0.261 e. The smallest absolute Gasteiger partial charge is 0.261 e. The van der Waals surface area contributed by atoms with Gasteiger partial charge in [-0.2, -0.15) is 0 Å². The summed E-state index contributed by atoms with van der Waals surface area (Å²) < 4.78 is 13.7. The second kappa shape index (κ2) is 13.6. The van der Waals surface area contributed by atoms with Crippen LogP contribution in [0.5, 0.6) is 0 Å². The molecule has 0 saturated heterocycles. The van der Waals surface area contributed by atoms with Crippen molar-refractivity contribution in [2.24, 2.45) is 0 Å². The Labute approximate surface area is 245 Å². The van der Waals surface area contributed by atoms with Gasteiger partial charge in [0.05, 0.1) is 11.1 Å². The number of imide groups is 1. The Balaban J connectivity index is 1.35. The molecule has 0 aromatic heterocycles. The van der Waals surface area contributed by atoms with Crippen molar-refractivity contribution in [2.75, 3.05) is 6.54 Å².